The highest BCUT2D eigenvalue weighted by molar-refractivity contribution is 7.86. The van der Waals surface area contributed by atoms with Crippen molar-refractivity contribution in [2.24, 2.45) is 0 Å². The molecule has 1 saturated heterocycles. The fourth-order valence-electron chi connectivity index (χ4n) is 2.62. The summed E-state index contributed by atoms with van der Waals surface area (Å²) >= 11 is 0. The third-order valence-corrected chi connectivity index (χ3v) is 5.48. The predicted octanol–water partition coefficient (Wildman–Crippen LogP) is 3.03. The van der Waals surface area contributed by atoms with Crippen molar-refractivity contribution < 1.29 is 26.9 Å². The van der Waals surface area contributed by atoms with Crippen LogP contribution in [0, 0.1) is 6.92 Å². The molecule has 2 atom stereocenters. The Morgan fingerprint density at radius 1 is 1.15 bits per heavy atom. The molecular formula is C20H20O6S. The molecule has 1 aliphatic heterocycles. The predicted molar refractivity (Wildman–Crippen MR) is 99.4 cm³/mol. The van der Waals surface area contributed by atoms with Crippen LogP contribution in [0.5, 0.6) is 0 Å². The van der Waals surface area contributed by atoms with E-state index in [1.54, 1.807) is 18.2 Å². The van der Waals surface area contributed by atoms with Gasteiger partial charge in [0.05, 0.1) is 18.6 Å². The van der Waals surface area contributed by atoms with Crippen LogP contribution in [0.1, 0.15) is 22.8 Å². The van der Waals surface area contributed by atoms with Crippen LogP contribution in [-0.4, -0.2) is 34.2 Å². The number of epoxide rings is 1. The van der Waals surface area contributed by atoms with E-state index in [1.807, 2.05) is 31.2 Å². The average Bonchev–Trinajstić information content (AvgIpc) is 3.45. The van der Waals surface area contributed by atoms with Crippen LogP contribution in [0.2, 0.25) is 0 Å². The number of benzene rings is 2. The number of ether oxygens (including phenoxy) is 2. The van der Waals surface area contributed by atoms with Gasteiger partial charge in [0.25, 0.3) is 10.1 Å². The lowest BCUT2D eigenvalue weighted by atomic mass is 10.0. The molecule has 0 spiro atoms. The minimum atomic E-state index is -3.83. The topological polar surface area (TPSA) is 82.2 Å². The van der Waals surface area contributed by atoms with Gasteiger partial charge in [-0.2, -0.15) is 8.42 Å². The third-order valence-electron chi connectivity index (χ3n) is 4.18. The fraction of sp³-hybridized carbons (Fsp3) is 0.250. The van der Waals surface area contributed by atoms with Gasteiger partial charge in [-0.15, -0.1) is 0 Å². The van der Waals surface area contributed by atoms with Gasteiger partial charge in [0.2, 0.25) is 0 Å². The molecule has 2 aromatic rings. The number of hydrogen-bond acceptors (Lipinski definition) is 6. The van der Waals surface area contributed by atoms with E-state index in [-0.39, 0.29) is 23.7 Å². The Bertz CT molecular complexity index is 947. The van der Waals surface area contributed by atoms with E-state index >= 15 is 0 Å². The van der Waals surface area contributed by atoms with E-state index in [0.717, 1.165) is 16.7 Å². The summed E-state index contributed by atoms with van der Waals surface area (Å²) < 4.78 is 39.8. The van der Waals surface area contributed by atoms with E-state index in [1.165, 1.54) is 25.3 Å². The molecular weight excluding hydrogens is 368 g/mol. The first kappa shape index (κ1) is 19.3. The number of rotatable bonds is 7. The summed E-state index contributed by atoms with van der Waals surface area (Å²) in [5.74, 6) is -0.453. The van der Waals surface area contributed by atoms with Gasteiger partial charge in [0.15, 0.2) is 0 Å². The van der Waals surface area contributed by atoms with E-state index in [2.05, 4.69) is 4.74 Å². The molecule has 6 nitrogen and oxygen atoms in total. The maximum Gasteiger partial charge on any atom is 0.330 e. The Morgan fingerprint density at radius 3 is 2.56 bits per heavy atom. The average molecular weight is 388 g/mol. The molecule has 1 heterocycles. The van der Waals surface area contributed by atoms with Crippen molar-refractivity contribution in [3.63, 3.8) is 0 Å². The number of methoxy groups -OCH3 is 1. The van der Waals surface area contributed by atoms with E-state index in [0.29, 0.717) is 0 Å². The largest absolute Gasteiger partial charge is 0.466 e. The van der Waals surface area contributed by atoms with Gasteiger partial charge in [-0.3, -0.25) is 4.18 Å². The SMILES string of the molecule is COC(=O)/C=C/c1ccccc1[C@@H]1O[C@H]1COS(=O)(=O)c1ccc(C)cc1. The van der Waals surface area contributed by atoms with Crippen LogP contribution in [-0.2, 0) is 28.6 Å². The number of aryl methyl sites for hydroxylation is 1. The first-order valence-corrected chi connectivity index (χ1v) is 9.78. The van der Waals surface area contributed by atoms with Crippen molar-refractivity contribution in [3.8, 4) is 0 Å². The Hall–Kier alpha value is -2.48. The molecule has 0 radical (unpaired) electrons. The molecule has 0 aromatic heterocycles. The molecule has 0 unspecified atom stereocenters. The van der Waals surface area contributed by atoms with Crippen molar-refractivity contribution in [2.75, 3.05) is 13.7 Å². The molecule has 0 saturated carbocycles. The van der Waals surface area contributed by atoms with Crippen LogP contribution in [0.15, 0.2) is 59.5 Å². The van der Waals surface area contributed by atoms with E-state index in [9.17, 15) is 13.2 Å². The summed E-state index contributed by atoms with van der Waals surface area (Å²) in [6, 6.07) is 13.9. The number of carbonyl (C=O) groups is 1. The van der Waals surface area contributed by atoms with Crippen LogP contribution < -0.4 is 0 Å². The third kappa shape index (κ3) is 4.82. The molecule has 27 heavy (non-hydrogen) atoms. The number of hydrogen-bond donors (Lipinski definition) is 0. The molecule has 0 bridgehead atoms. The van der Waals surface area contributed by atoms with Crippen LogP contribution in [0.25, 0.3) is 6.08 Å². The first-order chi connectivity index (χ1) is 12.9. The highest BCUT2D eigenvalue weighted by atomic mass is 32.2. The molecule has 0 aliphatic carbocycles. The summed E-state index contributed by atoms with van der Waals surface area (Å²) in [6.07, 6.45) is 2.33. The van der Waals surface area contributed by atoms with Crippen molar-refractivity contribution >= 4 is 22.2 Å². The normalized spacial score (nSPS) is 19.2. The molecule has 0 amide bonds. The van der Waals surface area contributed by atoms with Crippen molar-refractivity contribution in [1.29, 1.82) is 0 Å². The molecule has 2 aromatic carbocycles. The standard InChI is InChI=1S/C20H20O6S/c1-14-7-10-16(11-8-14)27(22,23)25-13-18-20(26-18)17-6-4-3-5-15(17)9-12-19(21)24-2/h3-12,18,20H,13H2,1-2H3/b12-9+/t18-,20-/m0/s1. The second kappa shape index (κ2) is 8.04. The summed E-state index contributed by atoms with van der Waals surface area (Å²) in [5.41, 5.74) is 2.63. The summed E-state index contributed by atoms with van der Waals surface area (Å²) in [7, 11) is -2.52. The van der Waals surface area contributed by atoms with E-state index < -0.39 is 16.1 Å². The molecule has 1 fully saturated rings. The lowest BCUT2D eigenvalue weighted by Gasteiger charge is -2.05. The molecule has 1 aliphatic rings. The maximum atomic E-state index is 12.3. The van der Waals surface area contributed by atoms with E-state index in [4.69, 9.17) is 8.92 Å². The quantitative estimate of drug-likeness (QED) is 0.314. The highest BCUT2D eigenvalue weighted by Gasteiger charge is 2.42. The van der Waals surface area contributed by atoms with Gasteiger partial charge >= 0.3 is 5.97 Å². The van der Waals surface area contributed by atoms with Gasteiger partial charge < -0.3 is 9.47 Å². The van der Waals surface area contributed by atoms with Gasteiger partial charge in [-0.25, -0.2) is 4.79 Å². The second-order valence-electron chi connectivity index (χ2n) is 6.13. The number of esters is 1. The first-order valence-electron chi connectivity index (χ1n) is 8.37. The lowest BCUT2D eigenvalue weighted by Crippen LogP contribution is -2.11. The zero-order chi connectivity index (χ0) is 19.4. The summed E-state index contributed by atoms with van der Waals surface area (Å²) in [5, 5.41) is 0. The van der Waals surface area contributed by atoms with Crippen molar-refractivity contribution in [3.05, 3.63) is 71.3 Å². The Balaban J connectivity index is 1.64. The fourth-order valence-corrected chi connectivity index (χ4v) is 3.54. The lowest BCUT2D eigenvalue weighted by molar-refractivity contribution is -0.134. The van der Waals surface area contributed by atoms with Gasteiger partial charge in [0.1, 0.15) is 12.2 Å². The van der Waals surface area contributed by atoms with Gasteiger partial charge in [-0.1, -0.05) is 42.0 Å². The van der Waals surface area contributed by atoms with Crippen molar-refractivity contribution in [2.45, 2.75) is 24.0 Å². The minimum Gasteiger partial charge on any atom is -0.466 e. The van der Waals surface area contributed by atoms with Crippen LogP contribution in [0.4, 0.5) is 0 Å². The van der Waals surface area contributed by atoms with Crippen molar-refractivity contribution in [1.82, 2.24) is 0 Å². The molecule has 3 rings (SSSR count). The smallest absolute Gasteiger partial charge is 0.330 e. The van der Waals surface area contributed by atoms with Gasteiger partial charge in [0, 0.05) is 6.08 Å². The maximum absolute atomic E-state index is 12.3. The zero-order valence-electron chi connectivity index (χ0n) is 15.0. The molecule has 7 heteroatoms. The Morgan fingerprint density at radius 2 is 1.85 bits per heavy atom. The summed E-state index contributed by atoms with van der Waals surface area (Å²) in [4.78, 5) is 11.4. The Kier molecular flexibility index (Phi) is 5.74. The molecule has 0 N–H and O–H groups in total. The highest BCUT2D eigenvalue weighted by Crippen LogP contribution is 2.41. The summed E-state index contributed by atoms with van der Waals surface area (Å²) in [6.45, 7) is 1.81. The zero-order valence-corrected chi connectivity index (χ0v) is 15.8. The second-order valence-corrected chi connectivity index (χ2v) is 7.75. The van der Waals surface area contributed by atoms with Crippen LogP contribution >= 0.6 is 0 Å². The number of carbonyl (C=O) groups excluding carboxylic acids is 1. The Labute approximate surface area is 158 Å². The van der Waals surface area contributed by atoms with Crippen LogP contribution in [0.3, 0.4) is 0 Å². The minimum absolute atomic E-state index is 0.0735. The van der Waals surface area contributed by atoms with Gasteiger partial charge in [-0.05, 0) is 36.3 Å². The monoisotopic (exact) mass is 388 g/mol. The molecule has 142 valence electrons.